The average molecular weight is 603 g/mol. The van der Waals surface area contributed by atoms with Crippen LogP contribution >= 0.6 is 0 Å². The second kappa shape index (κ2) is 11.2. The highest BCUT2D eigenvalue weighted by molar-refractivity contribution is 6.15. The molecule has 0 radical (unpaired) electrons. The normalized spacial score (nSPS) is 11.4. The number of benzene rings is 7. The van der Waals surface area contributed by atoms with Crippen molar-refractivity contribution in [2.75, 3.05) is 0 Å². The average Bonchev–Trinajstić information content (AvgIpc) is 3.60. The van der Waals surface area contributed by atoms with E-state index in [1.807, 2.05) is 97.1 Å². The lowest BCUT2D eigenvalue weighted by Crippen LogP contribution is -2.00. The molecule has 0 spiro atoms. The fraction of sp³-hybridized carbons (Fsp3) is 0. The summed E-state index contributed by atoms with van der Waals surface area (Å²) in [6, 6.07) is 53.5. The van der Waals surface area contributed by atoms with E-state index in [1.165, 1.54) is 0 Å². The van der Waals surface area contributed by atoms with Gasteiger partial charge in [-0.3, -0.25) is 0 Å². The molecule has 0 amide bonds. The summed E-state index contributed by atoms with van der Waals surface area (Å²) in [6.45, 7) is 0. The van der Waals surface area contributed by atoms with E-state index in [2.05, 4.69) is 60.7 Å². The van der Waals surface area contributed by atoms with Gasteiger partial charge in [-0.15, -0.1) is 0 Å². The molecule has 0 unspecified atom stereocenters. The minimum Gasteiger partial charge on any atom is -0.435 e. The molecule has 2 heterocycles. The van der Waals surface area contributed by atoms with Crippen LogP contribution in [0.5, 0.6) is 0 Å². The smallest absolute Gasteiger partial charge is 0.227 e. The van der Waals surface area contributed by atoms with Gasteiger partial charge >= 0.3 is 0 Å². The molecular formula is C42H26N4O. The topological polar surface area (TPSA) is 64.7 Å². The number of oxazole rings is 1. The van der Waals surface area contributed by atoms with Gasteiger partial charge < -0.3 is 4.42 Å². The highest BCUT2D eigenvalue weighted by Crippen LogP contribution is 2.41. The highest BCUT2D eigenvalue weighted by Gasteiger charge is 2.19. The first kappa shape index (κ1) is 26.9. The van der Waals surface area contributed by atoms with Crippen molar-refractivity contribution in [3.05, 3.63) is 158 Å². The lowest BCUT2D eigenvalue weighted by molar-refractivity contribution is 0.623. The minimum atomic E-state index is 0.612. The summed E-state index contributed by atoms with van der Waals surface area (Å²) in [7, 11) is 0. The van der Waals surface area contributed by atoms with Crippen LogP contribution < -0.4 is 0 Å². The Kier molecular flexibility index (Phi) is 6.39. The van der Waals surface area contributed by atoms with Gasteiger partial charge in [-0.25, -0.2) is 19.9 Å². The molecule has 0 N–H and O–H groups in total. The minimum absolute atomic E-state index is 0.612. The van der Waals surface area contributed by atoms with Crippen molar-refractivity contribution in [3.8, 4) is 56.7 Å². The molecule has 220 valence electrons. The molecule has 0 bridgehead atoms. The Balaban J connectivity index is 1.26. The van der Waals surface area contributed by atoms with Gasteiger partial charge in [0, 0.05) is 27.6 Å². The van der Waals surface area contributed by atoms with E-state index in [0.717, 1.165) is 66.0 Å². The first-order valence-electron chi connectivity index (χ1n) is 15.6. The van der Waals surface area contributed by atoms with E-state index in [4.69, 9.17) is 24.4 Å². The summed E-state index contributed by atoms with van der Waals surface area (Å²) in [5.74, 6) is 2.52. The van der Waals surface area contributed by atoms with Crippen molar-refractivity contribution in [1.82, 2.24) is 19.9 Å². The Hall–Kier alpha value is -6.46. The van der Waals surface area contributed by atoms with Crippen LogP contribution in [0.4, 0.5) is 0 Å². The van der Waals surface area contributed by atoms with Gasteiger partial charge in [0.15, 0.2) is 23.1 Å². The zero-order chi connectivity index (χ0) is 31.2. The predicted molar refractivity (Wildman–Crippen MR) is 190 cm³/mol. The predicted octanol–water partition coefficient (Wildman–Crippen LogP) is 10.7. The van der Waals surface area contributed by atoms with Gasteiger partial charge in [0.25, 0.3) is 0 Å². The lowest BCUT2D eigenvalue weighted by atomic mass is 9.91. The summed E-state index contributed by atoms with van der Waals surface area (Å²) >= 11 is 0. The van der Waals surface area contributed by atoms with Crippen LogP contribution in [0, 0.1) is 0 Å². The standard InChI is InChI=1S/C42H26N4O/c1-4-13-28(14-5-1)39-44-40(29-15-6-2-7-16-29)46-41(45-39)35-25-24-33(31-20-10-11-21-32(31)35)34-22-12-19-27-23-26-36-38(37(27)34)47-42(43-36)30-17-8-3-9-18-30/h1-26H. The molecule has 5 heteroatoms. The zero-order valence-corrected chi connectivity index (χ0v) is 25.2. The number of hydrogen-bond donors (Lipinski definition) is 0. The molecule has 0 aliphatic rings. The molecule has 47 heavy (non-hydrogen) atoms. The number of fused-ring (bicyclic) bond motifs is 4. The number of hydrogen-bond acceptors (Lipinski definition) is 5. The van der Waals surface area contributed by atoms with Crippen molar-refractivity contribution in [2.45, 2.75) is 0 Å². The van der Waals surface area contributed by atoms with Crippen LogP contribution in [0.3, 0.4) is 0 Å². The second-order valence-electron chi connectivity index (χ2n) is 11.4. The highest BCUT2D eigenvalue weighted by atomic mass is 16.3. The fourth-order valence-corrected chi connectivity index (χ4v) is 6.34. The first-order valence-corrected chi connectivity index (χ1v) is 15.6. The molecule has 0 saturated heterocycles. The van der Waals surface area contributed by atoms with E-state index < -0.39 is 0 Å². The molecule has 0 fully saturated rings. The molecule has 0 aliphatic carbocycles. The summed E-state index contributed by atoms with van der Waals surface area (Å²) in [4.78, 5) is 19.8. The largest absolute Gasteiger partial charge is 0.435 e. The molecule has 0 aliphatic heterocycles. The maximum absolute atomic E-state index is 6.51. The number of rotatable bonds is 5. The van der Waals surface area contributed by atoms with Gasteiger partial charge in [-0.1, -0.05) is 133 Å². The van der Waals surface area contributed by atoms with Gasteiger partial charge in [0.1, 0.15) is 5.52 Å². The molecule has 2 aromatic heterocycles. The van der Waals surface area contributed by atoms with Crippen LogP contribution in [0.1, 0.15) is 0 Å². The van der Waals surface area contributed by atoms with E-state index in [9.17, 15) is 0 Å². The third-order valence-corrected chi connectivity index (χ3v) is 8.57. The fourth-order valence-electron chi connectivity index (χ4n) is 6.34. The monoisotopic (exact) mass is 602 g/mol. The molecular weight excluding hydrogens is 576 g/mol. The van der Waals surface area contributed by atoms with Crippen molar-refractivity contribution in [3.63, 3.8) is 0 Å². The van der Waals surface area contributed by atoms with Crippen LogP contribution in [0.15, 0.2) is 162 Å². The molecule has 9 aromatic rings. The maximum Gasteiger partial charge on any atom is 0.227 e. The first-order chi connectivity index (χ1) is 23.3. The number of aromatic nitrogens is 4. The van der Waals surface area contributed by atoms with Gasteiger partial charge in [-0.05, 0) is 51.6 Å². The molecule has 9 rings (SSSR count). The van der Waals surface area contributed by atoms with Crippen molar-refractivity contribution in [1.29, 1.82) is 0 Å². The van der Waals surface area contributed by atoms with Gasteiger partial charge in [-0.2, -0.15) is 0 Å². The zero-order valence-electron chi connectivity index (χ0n) is 25.2. The Bertz CT molecular complexity index is 2500. The van der Waals surface area contributed by atoms with Crippen molar-refractivity contribution >= 4 is 32.6 Å². The molecule has 7 aromatic carbocycles. The lowest BCUT2D eigenvalue weighted by Gasteiger charge is -2.14. The van der Waals surface area contributed by atoms with Crippen molar-refractivity contribution in [2.24, 2.45) is 0 Å². The van der Waals surface area contributed by atoms with E-state index in [1.54, 1.807) is 0 Å². The van der Waals surface area contributed by atoms with E-state index in [-0.39, 0.29) is 0 Å². The Labute approximate surface area is 270 Å². The summed E-state index contributed by atoms with van der Waals surface area (Å²) < 4.78 is 6.51. The van der Waals surface area contributed by atoms with Crippen LogP contribution in [-0.2, 0) is 0 Å². The van der Waals surface area contributed by atoms with Crippen LogP contribution in [0.2, 0.25) is 0 Å². The molecule has 0 atom stereocenters. The third kappa shape index (κ3) is 4.73. The Morgan fingerprint density at radius 3 is 1.57 bits per heavy atom. The second-order valence-corrected chi connectivity index (χ2v) is 11.4. The SMILES string of the molecule is c1ccc(-c2nc(-c3ccccc3)nc(-c3ccc(-c4cccc5ccc6nc(-c7ccccc7)oc6c45)c4ccccc34)n2)cc1. The quantitative estimate of drug-likeness (QED) is 0.196. The molecule has 0 saturated carbocycles. The van der Waals surface area contributed by atoms with E-state index in [0.29, 0.717) is 23.4 Å². The number of nitrogens with zero attached hydrogens (tertiary/aromatic N) is 4. The van der Waals surface area contributed by atoms with Crippen LogP contribution in [-0.4, -0.2) is 19.9 Å². The van der Waals surface area contributed by atoms with E-state index >= 15 is 0 Å². The van der Waals surface area contributed by atoms with Gasteiger partial charge in [0.05, 0.1) is 0 Å². The Morgan fingerprint density at radius 2 is 0.915 bits per heavy atom. The van der Waals surface area contributed by atoms with Crippen molar-refractivity contribution < 1.29 is 4.42 Å². The summed E-state index contributed by atoms with van der Waals surface area (Å²) in [5, 5.41) is 4.29. The summed E-state index contributed by atoms with van der Waals surface area (Å²) in [6.07, 6.45) is 0. The maximum atomic E-state index is 6.51. The van der Waals surface area contributed by atoms with Crippen LogP contribution in [0.25, 0.3) is 89.4 Å². The van der Waals surface area contributed by atoms with Gasteiger partial charge in [0.2, 0.25) is 5.89 Å². The summed E-state index contributed by atoms with van der Waals surface area (Å²) in [5.41, 5.74) is 7.56. The third-order valence-electron chi connectivity index (χ3n) is 8.57. The Morgan fingerprint density at radius 1 is 0.362 bits per heavy atom. The molecule has 5 nitrogen and oxygen atoms in total.